The van der Waals surface area contributed by atoms with Crippen LogP contribution in [0.5, 0.6) is 0 Å². The number of benzene rings is 2. The molecule has 0 aliphatic carbocycles. The van der Waals surface area contributed by atoms with Crippen LogP contribution in [0.15, 0.2) is 18.2 Å². The van der Waals surface area contributed by atoms with Crippen LogP contribution in [0.1, 0.15) is 29.3 Å². The molecule has 0 saturated heterocycles. The first kappa shape index (κ1) is 16.9. The number of aryl methyl sites for hydroxylation is 1. The molecule has 0 amide bonds. The number of halogens is 5. The number of rotatable bonds is 4. The highest BCUT2D eigenvalue weighted by molar-refractivity contribution is 5.91. The molecule has 0 saturated carbocycles. The predicted octanol–water partition coefficient (Wildman–Crippen LogP) is 4.70. The Morgan fingerprint density at radius 2 is 1.52 bits per heavy atom. The van der Waals surface area contributed by atoms with Gasteiger partial charge in [0.15, 0.2) is 17.5 Å². The summed E-state index contributed by atoms with van der Waals surface area (Å²) in [6.07, 6.45) is 0.591. The Morgan fingerprint density at radius 1 is 0.957 bits per heavy atom. The summed E-state index contributed by atoms with van der Waals surface area (Å²) in [4.78, 5) is 11.0. The number of carboxylic acid groups (broad SMARTS) is 1. The molecule has 122 valence electrons. The molecule has 0 radical (unpaired) electrons. The summed E-state index contributed by atoms with van der Waals surface area (Å²) >= 11 is 0. The lowest BCUT2D eigenvalue weighted by Crippen LogP contribution is -2.09. The van der Waals surface area contributed by atoms with E-state index >= 15 is 0 Å². The van der Waals surface area contributed by atoms with Crippen LogP contribution in [-0.4, -0.2) is 11.1 Å². The van der Waals surface area contributed by atoms with Crippen molar-refractivity contribution < 1.29 is 31.9 Å². The van der Waals surface area contributed by atoms with Crippen LogP contribution in [0.25, 0.3) is 11.1 Å². The van der Waals surface area contributed by atoms with Gasteiger partial charge < -0.3 is 5.11 Å². The fourth-order valence-electron chi connectivity index (χ4n) is 2.34. The number of carbonyl (C=O) groups is 1. The summed E-state index contributed by atoms with van der Waals surface area (Å²) in [6, 6.07) is 1.89. The third kappa shape index (κ3) is 3.04. The predicted molar refractivity (Wildman–Crippen MR) is 72.6 cm³/mol. The minimum Gasteiger partial charge on any atom is -0.477 e. The van der Waals surface area contributed by atoms with E-state index in [-0.39, 0.29) is 12.0 Å². The molecule has 0 unspecified atom stereocenters. The van der Waals surface area contributed by atoms with E-state index in [9.17, 15) is 26.7 Å². The summed E-state index contributed by atoms with van der Waals surface area (Å²) in [6.45, 7) is 1.70. The van der Waals surface area contributed by atoms with Gasteiger partial charge in [-0.25, -0.2) is 26.7 Å². The zero-order valence-electron chi connectivity index (χ0n) is 11.9. The Hall–Kier alpha value is -2.44. The van der Waals surface area contributed by atoms with Crippen LogP contribution >= 0.6 is 0 Å². The van der Waals surface area contributed by atoms with Crippen molar-refractivity contribution in [2.24, 2.45) is 0 Å². The Kier molecular flexibility index (Phi) is 4.68. The second-order valence-electron chi connectivity index (χ2n) is 4.89. The summed E-state index contributed by atoms with van der Waals surface area (Å²) in [5.74, 6) is -9.43. The van der Waals surface area contributed by atoms with E-state index in [0.29, 0.717) is 18.6 Å². The van der Waals surface area contributed by atoms with Crippen molar-refractivity contribution in [2.75, 3.05) is 0 Å². The van der Waals surface area contributed by atoms with E-state index in [1.807, 2.05) is 0 Å². The van der Waals surface area contributed by atoms with Gasteiger partial charge in [0.25, 0.3) is 0 Å². The van der Waals surface area contributed by atoms with E-state index < -0.39 is 51.7 Å². The summed E-state index contributed by atoms with van der Waals surface area (Å²) in [5, 5.41) is 8.90. The van der Waals surface area contributed by atoms with Crippen molar-refractivity contribution in [1.82, 2.24) is 0 Å². The topological polar surface area (TPSA) is 37.3 Å². The lowest BCUT2D eigenvalue weighted by molar-refractivity contribution is 0.0686. The van der Waals surface area contributed by atoms with E-state index in [2.05, 4.69) is 0 Å². The molecule has 2 nitrogen and oxygen atoms in total. The highest BCUT2D eigenvalue weighted by Gasteiger charge is 2.25. The monoisotopic (exact) mass is 330 g/mol. The van der Waals surface area contributed by atoms with Gasteiger partial charge >= 0.3 is 5.97 Å². The molecule has 2 aromatic rings. The smallest absolute Gasteiger partial charge is 0.341 e. The average molecular weight is 330 g/mol. The Morgan fingerprint density at radius 3 is 2.00 bits per heavy atom. The van der Waals surface area contributed by atoms with Gasteiger partial charge in [0, 0.05) is 5.56 Å². The van der Waals surface area contributed by atoms with Gasteiger partial charge in [0.2, 0.25) is 0 Å². The molecular formula is C16H11F5O2. The lowest BCUT2D eigenvalue weighted by atomic mass is 9.93. The number of hydrogen-bond acceptors (Lipinski definition) is 1. The van der Waals surface area contributed by atoms with Crippen LogP contribution in [0.2, 0.25) is 0 Å². The molecule has 0 heterocycles. The second-order valence-corrected chi connectivity index (χ2v) is 4.89. The molecule has 0 fully saturated rings. The maximum atomic E-state index is 14.5. The summed E-state index contributed by atoms with van der Waals surface area (Å²) in [7, 11) is 0. The van der Waals surface area contributed by atoms with Crippen LogP contribution in [0.3, 0.4) is 0 Å². The summed E-state index contributed by atoms with van der Waals surface area (Å²) in [5.41, 5.74) is -2.05. The largest absolute Gasteiger partial charge is 0.477 e. The SMILES string of the molecule is CCCc1cc(F)c(C(=O)O)c(F)c1-c1cc(F)c(F)c(F)c1. The van der Waals surface area contributed by atoms with Crippen molar-refractivity contribution in [1.29, 1.82) is 0 Å². The van der Waals surface area contributed by atoms with E-state index in [1.54, 1.807) is 6.92 Å². The van der Waals surface area contributed by atoms with Crippen LogP contribution in [0, 0.1) is 29.1 Å². The molecule has 1 N–H and O–H groups in total. The number of carboxylic acids is 1. The number of aromatic carboxylic acids is 1. The molecule has 0 atom stereocenters. The quantitative estimate of drug-likeness (QED) is 0.652. The van der Waals surface area contributed by atoms with Crippen LogP contribution in [-0.2, 0) is 6.42 Å². The average Bonchev–Trinajstić information content (AvgIpc) is 2.44. The first-order valence-electron chi connectivity index (χ1n) is 6.67. The Labute approximate surface area is 128 Å². The molecule has 2 aromatic carbocycles. The Bertz CT molecular complexity index is 764. The van der Waals surface area contributed by atoms with Gasteiger partial charge in [-0.2, -0.15) is 0 Å². The minimum absolute atomic E-state index is 0.0397. The van der Waals surface area contributed by atoms with Gasteiger partial charge in [0.1, 0.15) is 17.2 Å². The highest BCUT2D eigenvalue weighted by atomic mass is 19.2. The zero-order chi connectivity index (χ0) is 17.3. The van der Waals surface area contributed by atoms with Crippen molar-refractivity contribution in [3.05, 3.63) is 58.4 Å². The van der Waals surface area contributed by atoms with Gasteiger partial charge in [-0.1, -0.05) is 13.3 Å². The van der Waals surface area contributed by atoms with Gasteiger partial charge in [-0.05, 0) is 35.7 Å². The van der Waals surface area contributed by atoms with Crippen LogP contribution < -0.4 is 0 Å². The maximum absolute atomic E-state index is 14.5. The maximum Gasteiger partial charge on any atom is 0.341 e. The molecule has 0 bridgehead atoms. The molecule has 0 aliphatic heterocycles. The third-order valence-corrected chi connectivity index (χ3v) is 3.31. The normalized spacial score (nSPS) is 10.9. The standard InChI is InChI=1S/C16H11F5O2/c1-2-3-7-4-9(17)13(16(22)23)15(21)12(7)8-5-10(18)14(20)11(19)6-8/h4-6H,2-3H2,1H3,(H,22,23). The van der Waals surface area contributed by atoms with Crippen molar-refractivity contribution >= 4 is 5.97 Å². The third-order valence-electron chi connectivity index (χ3n) is 3.31. The molecule has 23 heavy (non-hydrogen) atoms. The highest BCUT2D eigenvalue weighted by Crippen LogP contribution is 2.33. The summed E-state index contributed by atoms with van der Waals surface area (Å²) < 4.78 is 68.1. The zero-order valence-corrected chi connectivity index (χ0v) is 11.9. The molecule has 2 rings (SSSR count). The first-order valence-corrected chi connectivity index (χ1v) is 6.67. The van der Waals surface area contributed by atoms with Crippen molar-refractivity contribution in [2.45, 2.75) is 19.8 Å². The van der Waals surface area contributed by atoms with Crippen molar-refractivity contribution in [3.63, 3.8) is 0 Å². The molecule has 7 heteroatoms. The molecular weight excluding hydrogens is 319 g/mol. The Balaban J connectivity index is 2.83. The molecule has 0 aromatic heterocycles. The van der Waals surface area contributed by atoms with Gasteiger partial charge in [0.05, 0.1) is 0 Å². The number of hydrogen-bond donors (Lipinski definition) is 1. The fourth-order valence-corrected chi connectivity index (χ4v) is 2.34. The second kappa shape index (κ2) is 6.36. The van der Waals surface area contributed by atoms with Crippen molar-refractivity contribution in [3.8, 4) is 11.1 Å². The van der Waals surface area contributed by atoms with E-state index in [0.717, 1.165) is 6.07 Å². The van der Waals surface area contributed by atoms with Gasteiger partial charge in [-0.15, -0.1) is 0 Å². The first-order chi connectivity index (χ1) is 10.8. The lowest BCUT2D eigenvalue weighted by Gasteiger charge is -2.14. The minimum atomic E-state index is -1.85. The van der Waals surface area contributed by atoms with Gasteiger partial charge in [-0.3, -0.25) is 0 Å². The van der Waals surface area contributed by atoms with Crippen LogP contribution in [0.4, 0.5) is 22.0 Å². The van der Waals surface area contributed by atoms with E-state index in [4.69, 9.17) is 5.11 Å². The fraction of sp³-hybridized carbons (Fsp3) is 0.188. The molecule has 0 spiro atoms. The molecule has 0 aliphatic rings. The van der Waals surface area contributed by atoms with E-state index in [1.165, 1.54) is 0 Å².